The topological polar surface area (TPSA) is 70.4 Å². The van der Waals surface area contributed by atoms with E-state index in [1.165, 1.54) is 11.2 Å². The molecular formula is C9H16N2O3S. The van der Waals surface area contributed by atoms with Gasteiger partial charge in [0.25, 0.3) is 0 Å². The largest absolute Gasteiger partial charge is 0.384 e. The van der Waals surface area contributed by atoms with Crippen LogP contribution in [0, 0.1) is 17.2 Å². The zero-order valence-corrected chi connectivity index (χ0v) is 9.83. The van der Waals surface area contributed by atoms with Crippen LogP contribution in [0.15, 0.2) is 0 Å². The summed E-state index contributed by atoms with van der Waals surface area (Å²) in [6.45, 7) is 2.97. The van der Waals surface area contributed by atoms with Crippen LogP contribution in [-0.4, -0.2) is 44.8 Å². The van der Waals surface area contributed by atoms with E-state index in [2.05, 4.69) is 0 Å². The van der Waals surface area contributed by atoms with Crippen LogP contribution in [0.5, 0.6) is 0 Å². The predicted molar refractivity (Wildman–Crippen MR) is 55.6 cm³/mol. The maximum absolute atomic E-state index is 11.8. The molecule has 0 amide bonds. The number of rotatable bonds is 4. The molecule has 1 fully saturated rings. The second-order valence-electron chi connectivity index (χ2n) is 3.78. The summed E-state index contributed by atoms with van der Waals surface area (Å²) in [5.74, 6) is 0.260. The van der Waals surface area contributed by atoms with E-state index in [1.807, 2.05) is 0 Å². The van der Waals surface area contributed by atoms with Crippen molar-refractivity contribution >= 4 is 10.0 Å². The van der Waals surface area contributed by atoms with Crippen LogP contribution in [0.3, 0.4) is 0 Å². The van der Waals surface area contributed by atoms with E-state index >= 15 is 0 Å². The zero-order valence-electron chi connectivity index (χ0n) is 9.01. The van der Waals surface area contributed by atoms with Crippen molar-refractivity contribution in [1.29, 1.82) is 5.26 Å². The molecule has 15 heavy (non-hydrogen) atoms. The van der Waals surface area contributed by atoms with Gasteiger partial charge in [-0.05, 0) is 19.3 Å². The number of methoxy groups -OCH3 is 1. The Morgan fingerprint density at radius 3 is 2.87 bits per heavy atom. The molecule has 5 nitrogen and oxygen atoms in total. The van der Waals surface area contributed by atoms with Gasteiger partial charge >= 0.3 is 0 Å². The third kappa shape index (κ3) is 2.68. The molecular weight excluding hydrogens is 216 g/mol. The van der Waals surface area contributed by atoms with Crippen molar-refractivity contribution in [3.8, 4) is 6.07 Å². The van der Waals surface area contributed by atoms with E-state index in [-0.39, 0.29) is 5.92 Å². The van der Waals surface area contributed by atoms with E-state index in [4.69, 9.17) is 10.00 Å². The summed E-state index contributed by atoms with van der Waals surface area (Å²) in [6, 6.07) is 1.77. The van der Waals surface area contributed by atoms with Gasteiger partial charge in [-0.25, -0.2) is 12.7 Å². The van der Waals surface area contributed by atoms with Gasteiger partial charge < -0.3 is 4.74 Å². The average Bonchev–Trinajstić information content (AvgIpc) is 2.66. The van der Waals surface area contributed by atoms with Gasteiger partial charge in [0.2, 0.25) is 10.0 Å². The average molecular weight is 232 g/mol. The Bertz CT molecular complexity index is 347. The van der Waals surface area contributed by atoms with Gasteiger partial charge in [-0.2, -0.15) is 5.26 Å². The summed E-state index contributed by atoms with van der Waals surface area (Å²) < 4.78 is 29.9. The van der Waals surface area contributed by atoms with Gasteiger partial charge in [0, 0.05) is 20.2 Å². The van der Waals surface area contributed by atoms with Gasteiger partial charge in [-0.15, -0.1) is 0 Å². The third-order valence-corrected chi connectivity index (χ3v) is 4.69. The summed E-state index contributed by atoms with van der Waals surface area (Å²) in [5.41, 5.74) is 0. The van der Waals surface area contributed by atoms with E-state index < -0.39 is 15.3 Å². The van der Waals surface area contributed by atoms with Crippen LogP contribution in [0.4, 0.5) is 0 Å². The first kappa shape index (κ1) is 12.4. The molecule has 1 aliphatic rings. The molecule has 0 radical (unpaired) electrons. The van der Waals surface area contributed by atoms with E-state index in [0.717, 1.165) is 6.42 Å². The van der Waals surface area contributed by atoms with Crippen molar-refractivity contribution in [2.75, 3.05) is 26.8 Å². The smallest absolute Gasteiger partial charge is 0.230 e. The quantitative estimate of drug-likeness (QED) is 0.694. The van der Waals surface area contributed by atoms with Crippen LogP contribution in [0.25, 0.3) is 0 Å². The molecule has 86 valence electrons. The molecule has 0 saturated carbocycles. The van der Waals surface area contributed by atoms with E-state index in [9.17, 15) is 8.42 Å². The minimum Gasteiger partial charge on any atom is -0.384 e. The predicted octanol–water partition coefficient (Wildman–Crippen LogP) is 0.197. The Kier molecular flexibility index (Phi) is 4.08. The standard InChI is InChI=1S/C9H16N2O3S/c1-8(5-10)15(12,13)11-4-3-9(6-11)7-14-2/h8-9H,3-4,6-7H2,1-2H3. The number of ether oxygens (including phenoxy) is 1. The lowest BCUT2D eigenvalue weighted by atomic mass is 10.1. The molecule has 0 aliphatic carbocycles. The fraction of sp³-hybridized carbons (Fsp3) is 0.889. The summed E-state index contributed by atoms with van der Waals surface area (Å²) in [5, 5.41) is 7.66. The summed E-state index contributed by atoms with van der Waals surface area (Å²) in [7, 11) is -1.82. The Balaban J connectivity index is 2.65. The molecule has 0 spiro atoms. The molecule has 1 aliphatic heterocycles. The monoisotopic (exact) mass is 232 g/mol. The lowest BCUT2D eigenvalue weighted by molar-refractivity contribution is 0.157. The number of hydrogen-bond donors (Lipinski definition) is 0. The minimum atomic E-state index is -3.42. The van der Waals surface area contributed by atoms with Gasteiger partial charge in [0.05, 0.1) is 12.7 Å². The van der Waals surface area contributed by atoms with Gasteiger partial charge in [-0.1, -0.05) is 0 Å². The normalized spacial score (nSPS) is 25.0. The van der Waals surface area contributed by atoms with Crippen molar-refractivity contribution < 1.29 is 13.2 Å². The second kappa shape index (κ2) is 4.92. The Morgan fingerprint density at radius 2 is 2.33 bits per heavy atom. The molecule has 0 aromatic carbocycles. The molecule has 1 rings (SSSR count). The second-order valence-corrected chi connectivity index (χ2v) is 6.04. The minimum absolute atomic E-state index is 0.260. The van der Waals surface area contributed by atoms with Crippen molar-refractivity contribution in [3.05, 3.63) is 0 Å². The van der Waals surface area contributed by atoms with E-state index in [0.29, 0.717) is 19.7 Å². The first-order chi connectivity index (χ1) is 7.02. The maximum Gasteiger partial charge on any atom is 0.230 e. The highest BCUT2D eigenvalue weighted by molar-refractivity contribution is 7.89. The van der Waals surface area contributed by atoms with Crippen molar-refractivity contribution in [3.63, 3.8) is 0 Å². The molecule has 0 bridgehead atoms. The SMILES string of the molecule is COCC1CCN(S(=O)(=O)C(C)C#N)C1. The fourth-order valence-electron chi connectivity index (χ4n) is 1.69. The molecule has 6 heteroatoms. The highest BCUT2D eigenvalue weighted by Crippen LogP contribution is 2.21. The molecule has 0 aromatic heterocycles. The number of hydrogen-bond acceptors (Lipinski definition) is 4. The van der Waals surface area contributed by atoms with Crippen LogP contribution in [0.2, 0.25) is 0 Å². The van der Waals surface area contributed by atoms with Crippen LogP contribution < -0.4 is 0 Å². The van der Waals surface area contributed by atoms with Gasteiger partial charge in [0.15, 0.2) is 5.25 Å². The summed E-state index contributed by atoms with van der Waals surface area (Å²) in [6.07, 6.45) is 0.811. The lowest BCUT2D eigenvalue weighted by Gasteiger charge is -2.17. The fourth-order valence-corrected chi connectivity index (χ4v) is 3.05. The Labute approximate surface area is 90.7 Å². The Morgan fingerprint density at radius 1 is 1.67 bits per heavy atom. The third-order valence-electron chi connectivity index (χ3n) is 2.64. The molecule has 2 atom stereocenters. The van der Waals surface area contributed by atoms with Crippen molar-refractivity contribution in [2.45, 2.75) is 18.6 Å². The van der Waals surface area contributed by atoms with Gasteiger partial charge in [0.1, 0.15) is 0 Å². The highest BCUT2D eigenvalue weighted by Gasteiger charge is 2.34. The molecule has 0 N–H and O–H groups in total. The lowest BCUT2D eigenvalue weighted by Crippen LogP contribution is -2.35. The van der Waals surface area contributed by atoms with Crippen LogP contribution >= 0.6 is 0 Å². The maximum atomic E-state index is 11.8. The molecule has 1 heterocycles. The first-order valence-corrected chi connectivity index (χ1v) is 6.40. The molecule has 1 saturated heterocycles. The van der Waals surface area contributed by atoms with E-state index in [1.54, 1.807) is 13.2 Å². The first-order valence-electron chi connectivity index (χ1n) is 4.90. The van der Waals surface area contributed by atoms with Crippen LogP contribution in [-0.2, 0) is 14.8 Å². The zero-order chi connectivity index (χ0) is 11.5. The molecule has 0 aromatic rings. The summed E-state index contributed by atoms with van der Waals surface area (Å²) in [4.78, 5) is 0. The summed E-state index contributed by atoms with van der Waals surface area (Å²) >= 11 is 0. The Hall–Kier alpha value is -0.640. The van der Waals surface area contributed by atoms with Crippen molar-refractivity contribution in [2.24, 2.45) is 5.92 Å². The number of sulfonamides is 1. The highest BCUT2D eigenvalue weighted by atomic mass is 32.2. The van der Waals surface area contributed by atoms with Crippen molar-refractivity contribution in [1.82, 2.24) is 4.31 Å². The van der Waals surface area contributed by atoms with Crippen LogP contribution in [0.1, 0.15) is 13.3 Å². The number of nitrogens with zero attached hydrogens (tertiary/aromatic N) is 2. The number of nitriles is 1. The molecule has 2 unspecified atom stereocenters. The van der Waals surface area contributed by atoms with Gasteiger partial charge in [-0.3, -0.25) is 0 Å².